The van der Waals surface area contributed by atoms with Gasteiger partial charge in [-0.2, -0.15) is 0 Å². The van der Waals surface area contributed by atoms with Crippen LogP contribution in [0.15, 0.2) is 12.2 Å². The number of carbonyl (C=O) groups is 5. The van der Waals surface area contributed by atoms with Gasteiger partial charge in [0.1, 0.15) is 24.9 Å². The zero-order valence-electron chi connectivity index (χ0n) is 22.3. The van der Waals surface area contributed by atoms with Crippen LogP contribution in [0.25, 0.3) is 0 Å². The highest BCUT2D eigenvalue weighted by Crippen LogP contribution is 2.65. The molecule has 0 aromatic carbocycles. The van der Waals surface area contributed by atoms with E-state index in [1.165, 1.54) is 20.8 Å². The first kappa shape index (κ1) is 27.9. The molecule has 0 bridgehead atoms. The van der Waals surface area contributed by atoms with Crippen LogP contribution in [-0.4, -0.2) is 54.6 Å². The SMILES string of the molecule is CC[C@]12CC(=O)C=C[C@H]1[C@@H]1[C@H](OC(C)=O)C[C@@H](OC(C)=O)[C@@]1(COC(C)=O)[C@@H](OC(=O)C(C)(C)C)C2. The first-order valence-corrected chi connectivity index (χ1v) is 12.6. The van der Waals surface area contributed by atoms with Crippen LogP contribution in [0.1, 0.15) is 74.1 Å². The van der Waals surface area contributed by atoms with Crippen LogP contribution in [0, 0.1) is 28.1 Å². The average molecular weight is 507 g/mol. The van der Waals surface area contributed by atoms with E-state index < -0.39 is 64.4 Å². The predicted molar refractivity (Wildman–Crippen MR) is 127 cm³/mol. The van der Waals surface area contributed by atoms with Crippen LogP contribution in [0.2, 0.25) is 0 Å². The van der Waals surface area contributed by atoms with Crippen LogP contribution in [-0.2, 0) is 42.9 Å². The second kappa shape index (κ2) is 9.98. The first-order valence-electron chi connectivity index (χ1n) is 12.6. The van der Waals surface area contributed by atoms with E-state index in [-0.39, 0.29) is 31.1 Å². The normalized spacial score (nSPS) is 35.3. The molecule has 0 heterocycles. The standard InChI is InChI=1S/C27H38O9/c1-8-26-12-18(31)9-10-19(26)23-20(34-16(3)29)11-21(35-17(4)30)27(23,14-33-15(2)28)22(13-26)36-24(32)25(5,6)7/h9-10,19-23H,8,11-14H2,1-7H3/t19-,20+,21+,22-,23+,26+,27-/m0/s1. The van der Waals surface area contributed by atoms with Crippen molar-refractivity contribution < 1.29 is 42.9 Å². The number of hydrogen-bond acceptors (Lipinski definition) is 9. The molecule has 0 N–H and O–H groups in total. The van der Waals surface area contributed by atoms with Gasteiger partial charge in [-0.3, -0.25) is 24.0 Å². The average Bonchev–Trinajstić information content (AvgIpc) is 3.04. The maximum atomic E-state index is 13.2. The number of hydrogen-bond donors (Lipinski definition) is 0. The maximum absolute atomic E-state index is 13.2. The van der Waals surface area contributed by atoms with E-state index >= 15 is 0 Å². The summed E-state index contributed by atoms with van der Waals surface area (Å²) in [6.45, 7) is 10.9. The molecule has 0 saturated heterocycles. The molecule has 36 heavy (non-hydrogen) atoms. The highest BCUT2D eigenvalue weighted by atomic mass is 16.6. The second-order valence-corrected chi connectivity index (χ2v) is 11.5. The second-order valence-electron chi connectivity index (χ2n) is 11.5. The number of esters is 4. The summed E-state index contributed by atoms with van der Waals surface area (Å²) < 4.78 is 23.3. The Kier molecular flexibility index (Phi) is 7.72. The molecule has 0 aromatic rings. The summed E-state index contributed by atoms with van der Waals surface area (Å²) in [5, 5.41) is 0. The van der Waals surface area contributed by atoms with Gasteiger partial charge >= 0.3 is 23.9 Å². The molecule has 0 spiro atoms. The third-order valence-corrected chi connectivity index (χ3v) is 8.08. The number of ketones is 1. The van der Waals surface area contributed by atoms with E-state index in [1.54, 1.807) is 26.8 Å². The molecular formula is C27H38O9. The Morgan fingerprint density at radius 2 is 1.61 bits per heavy atom. The predicted octanol–water partition coefficient (Wildman–Crippen LogP) is 3.32. The molecule has 200 valence electrons. The van der Waals surface area contributed by atoms with Crippen LogP contribution < -0.4 is 0 Å². The number of ether oxygens (including phenoxy) is 4. The van der Waals surface area contributed by atoms with Crippen molar-refractivity contribution in [2.75, 3.05) is 6.61 Å². The summed E-state index contributed by atoms with van der Waals surface area (Å²) in [5.74, 6) is -2.87. The topological polar surface area (TPSA) is 122 Å². The summed E-state index contributed by atoms with van der Waals surface area (Å²) in [4.78, 5) is 62.2. The van der Waals surface area contributed by atoms with Crippen molar-refractivity contribution in [3.8, 4) is 0 Å². The van der Waals surface area contributed by atoms with Crippen LogP contribution in [0.5, 0.6) is 0 Å². The Morgan fingerprint density at radius 1 is 0.972 bits per heavy atom. The van der Waals surface area contributed by atoms with E-state index in [4.69, 9.17) is 18.9 Å². The molecule has 3 rings (SSSR count). The van der Waals surface area contributed by atoms with Crippen molar-refractivity contribution >= 4 is 29.7 Å². The van der Waals surface area contributed by atoms with Gasteiger partial charge in [0.2, 0.25) is 0 Å². The molecule has 9 heteroatoms. The molecule has 7 atom stereocenters. The quantitative estimate of drug-likeness (QED) is 0.394. The number of fused-ring (bicyclic) bond motifs is 3. The van der Waals surface area contributed by atoms with Crippen molar-refractivity contribution in [2.24, 2.45) is 28.1 Å². The maximum Gasteiger partial charge on any atom is 0.311 e. The van der Waals surface area contributed by atoms with Crippen LogP contribution in [0.3, 0.4) is 0 Å². The lowest BCUT2D eigenvalue weighted by Crippen LogP contribution is -2.63. The number of rotatable bonds is 6. The molecule has 0 radical (unpaired) electrons. The zero-order chi connectivity index (χ0) is 27.1. The molecule has 3 aliphatic carbocycles. The summed E-state index contributed by atoms with van der Waals surface area (Å²) in [6, 6.07) is 0. The molecule has 9 nitrogen and oxygen atoms in total. The minimum Gasteiger partial charge on any atom is -0.465 e. The van der Waals surface area contributed by atoms with Gasteiger partial charge < -0.3 is 18.9 Å². The highest BCUT2D eigenvalue weighted by molar-refractivity contribution is 5.91. The molecule has 2 saturated carbocycles. The molecule has 0 aliphatic heterocycles. The van der Waals surface area contributed by atoms with Gasteiger partial charge in [0.25, 0.3) is 0 Å². The van der Waals surface area contributed by atoms with Gasteiger partial charge in [-0.05, 0) is 51.0 Å². The molecule has 0 unspecified atom stereocenters. The lowest BCUT2D eigenvalue weighted by atomic mass is 9.48. The van der Waals surface area contributed by atoms with Crippen LogP contribution in [0.4, 0.5) is 0 Å². The van der Waals surface area contributed by atoms with Crippen molar-refractivity contribution in [2.45, 2.75) is 92.5 Å². The lowest BCUT2D eigenvalue weighted by molar-refractivity contribution is -0.221. The smallest absolute Gasteiger partial charge is 0.311 e. The van der Waals surface area contributed by atoms with Gasteiger partial charge in [0.15, 0.2) is 5.78 Å². The Bertz CT molecular complexity index is 961. The van der Waals surface area contributed by atoms with E-state index in [0.29, 0.717) is 12.8 Å². The van der Waals surface area contributed by atoms with Crippen molar-refractivity contribution in [1.29, 1.82) is 0 Å². The minimum atomic E-state index is -1.17. The molecule has 0 amide bonds. The Hall–Kier alpha value is -2.71. The Labute approximate surface area is 212 Å². The minimum absolute atomic E-state index is 0.0277. The van der Waals surface area contributed by atoms with Crippen LogP contribution >= 0.6 is 0 Å². The fourth-order valence-electron chi connectivity index (χ4n) is 6.50. The van der Waals surface area contributed by atoms with Gasteiger partial charge in [-0.15, -0.1) is 0 Å². The summed E-state index contributed by atoms with van der Waals surface area (Å²) in [5.41, 5.74) is -2.57. The highest BCUT2D eigenvalue weighted by Gasteiger charge is 2.71. The monoisotopic (exact) mass is 506 g/mol. The third-order valence-electron chi connectivity index (χ3n) is 8.08. The lowest BCUT2D eigenvalue weighted by Gasteiger charge is -2.58. The van der Waals surface area contributed by atoms with E-state index in [9.17, 15) is 24.0 Å². The third kappa shape index (κ3) is 5.06. The molecule has 2 fully saturated rings. The molecule has 0 aromatic heterocycles. The van der Waals surface area contributed by atoms with Gasteiger partial charge in [-0.1, -0.05) is 13.0 Å². The fraction of sp³-hybridized carbons (Fsp3) is 0.741. The van der Waals surface area contributed by atoms with Gasteiger partial charge in [-0.25, -0.2) is 0 Å². The number of carbonyl (C=O) groups excluding carboxylic acids is 5. The first-order chi connectivity index (χ1) is 16.7. The summed E-state index contributed by atoms with van der Waals surface area (Å²) >= 11 is 0. The van der Waals surface area contributed by atoms with Gasteiger partial charge in [0.05, 0.1) is 10.8 Å². The van der Waals surface area contributed by atoms with E-state index in [1.807, 2.05) is 13.0 Å². The Morgan fingerprint density at radius 3 is 2.14 bits per heavy atom. The summed E-state index contributed by atoms with van der Waals surface area (Å²) in [7, 11) is 0. The van der Waals surface area contributed by atoms with Gasteiger partial charge in [0, 0.05) is 39.5 Å². The van der Waals surface area contributed by atoms with Crippen molar-refractivity contribution in [1.82, 2.24) is 0 Å². The number of allylic oxidation sites excluding steroid dienone is 2. The zero-order valence-corrected chi connectivity index (χ0v) is 22.3. The molecular weight excluding hydrogens is 468 g/mol. The summed E-state index contributed by atoms with van der Waals surface area (Å²) in [6.07, 6.45) is 2.32. The largest absolute Gasteiger partial charge is 0.465 e. The fourth-order valence-corrected chi connectivity index (χ4v) is 6.50. The molecule has 3 aliphatic rings. The van der Waals surface area contributed by atoms with E-state index in [0.717, 1.165) is 0 Å². The van der Waals surface area contributed by atoms with E-state index in [2.05, 4.69) is 0 Å². The van der Waals surface area contributed by atoms with Crippen molar-refractivity contribution in [3.05, 3.63) is 12.2 Å². The Balaban J connectivity index is 2.27. The van der Waals surface area contributed by atoms with Crippen molar-refractivity contribution in [3.63, 3.8) is 0 Å².